The maximum absolute atomic E-state index is 13.4. The Kier molecular flexibility index (Phi) is 8.03. The third-order valence-corrected chi connectivity index (χ3v) is 8.08. The molecule has 242 valence electrons. The third kappa shape index (κ3) is 6.24. The van der Waals surface area contributed by atoms with Crippen molar-refractivity contribution in [3.05, 3.63) is 70.9 Å². The fraction of sp³-hybridized carbons (Fsp3) is 0. The van der Waals surface area contributed by atoms with Crippen molar-refractivity contribution in [1.29, 1.82) is 0 Å². The molecule has 0 bridgehead atoms. The zero-order valence-electron chi connectivity index (χ0n) is 22.9. The molecular formula is C27H18N4O14S2. The van der Waals surface area contributed by atoms with Crippen molar-refractivity contribution >= 4 is 54.0 Å². The summed E-state index contributed by atoms with van der Waals surface area (Å²) in [6, 6.07) is 9.96. The summed E-state index contributed by atoms with van der Waals surface area (Å²) in [5.74, 6) is -6.67. The molecule has 1 heterocycles. The van der Waals surface area contributed by atoms with Gasteiger partial charge in [0.1, 0.15) is 5.39 Å². The quantitative estimate of drug-likeness (QED) is 0.0633. The monoisotopic (exact) mass is 686 g/mol. The van der Waals surface area contributed by atoms with E-state index < -0.39 is 98.1 Å². The van der Waals surface area contributed by atoms with Crippen molar-refractivity contribution in [3.8, 4) is 45.8 Å². The molecule has 8 N–H and O–H groups in total. The van der Waals surface area contributed by atoms with E-state index >= 15 is 0 Å². The van der Waals surface area contributed by atoms with Crippen molar-refractivity contribution in [2.75, 3.05) is 0 Å². The van der Waals surface area contributed by atoms with Gasteiger partial charge in [0.2, 0.25) is 11.2 Å². The average Bonchev–Trinajstić information content (AvgIpc) is 3.00. The van der Waals surface area contributed by atoms with Crippen LogP contribution in [0.3, 0.4) is 0 Å². The second-order valence-corrected chi connectivity index (χ2v) is 12.3. The van der Waals surface area contributed by atoms with Gasteiger partial charge in [0.05, 0.1) is 21.2 Å². The first kappa shape index (κ1) is 32.3. The van der Waals surface area contributed by atoms with Crippen LogP contribution in [-0.4, -0.2) is 56.6 Å². The van der Waals surface area contributed by atoms with Gasteiger partial charge in [-0.15, -0.1) is 10.2 Å². The van der Waals surface area contributed by atoms with Crippen LogP contribution in [0.1, 0.15) is 0 Å². The number of rotatable bonds is 7. The summed E-state index contributed by atoms with van der Waals surface area (Å²) in [6.45, 7) is 0. The molecule has 0 saturated heterocycles. The molecule has 47 heavy (non-hydrogen) atoms. The zero-order valence-corrected chi connectivity index (χ0v) is 24.5. The van der Waals surface area contributed by atoms with Gasteiger partial charge in [-0.2, -0.15) is 27.1 Å². The van der Waals surface area contributed by atoms with Crippen LogP contribution in [0.5, 0.6) is 34.5 Å². The van der Waals surface area contributed by atoms with Crippen molar-refractivity contribution in [2.45, 2.75) is 9.79 Å². The molecule has 5 aromatic rings. The van der Waals surface area contributed by atoms with Crippen LogP contribution in [0.2, 0.25) is 0 Å². The molecular weight excluding hydrogens is 668 g/mol. The maximum Gasteiger partial charge on any atom is 0.294 e. The minimum atomic E-state index is -4.55. The number of hydrogen-bond acceptors (Lipinski definition) is 16. The van der Waals surface area contributed by atoms with Crippen molar-refractivity contribution in [1.82, 2.24) is 0 Å². The highest BCUT2D eigenvalue weighted by Gasteiger charge is 2.28. The Morgan fingerprint density at radius 2 is 1.00 bits per heavy atom. The summed E-state index contributed by atoms with van der Waals surface area (Å²) in [7, 11) is -9.09. The van der Waals surface area contributed by atoms with E-state index in [1.54, 1.807) is 0 Å². The lowest BCUT2D eigenvalue weighted by molar-refractivity contribution is 0.368. The van der Waals surface area contributed by atoms with Gasteiger partial charge in [0.15, 0.2) is 51.5 Å². The molecule has 18 nitrogen and oxygen atoms in total. The Balaban J connectivity index is 1.75. The first-order valence-corrected chi connectivity index (χ1v) is 15.4. The zero-order chi connectivity index (χ0) is 34.4. The van der Waals surface area contributed by atoms with Crippen LogP contribution in [0.15, 0.2) is 100 Å². The summed E-state index contributed by atoms with van der Waals surface area (Å²) in [6.07, 6.45) is 0. The average molecular weight is 687 g/mol. The normalized spacial score (nSPS) is 12.4. The van der Waals surface area contributed by atoms with E-state index in [2.05, 4.69) is 20.5 Å². The summed E-state index contributed by atoms with van der Waals surface area (Å²) < 4.78 is 69.3. The minimum Gasteiger partial charge on any atom is -0.505 e. The van der Waals surface area contributed by atoms with E-state index in [0.29, 0.717) is 0 Å². The smallest absolute Gasteiger partial charge is 0.294 e. The molecule has 0 aliphatic carbocycles. The lowest BCUT2D eigenvalue weighted by atomic mass is 10.1. The summed E-state index contributed by atoms with van der Waals surface area (Å²) in [5, 5.41) is 76.8. The van der Waals surface area contributed by atoms with Gasteiger partial charge in [-0.3, -0.25) is 13.9 Å². The molecule has 0 fully saturated rings. The molecule has 1 aromatic heterocycles. The highest BCUT2D eigenvalue weighted by molar-refractivity contribution is 7.86. The van der Waals surface area contributed by atoms with Gasteiger partial charge in [-0.05, 0) is 60.7 Å². The van der Waals surface area contributed by atoms with Crippen LogP contribution in [0, 0.1) is 0 Å². The molecule has 0 aliphatic heterocycles. The Hall–Kier alpha value is -6.09. The predicted octanol–water partition coefficient (Wildman–Crippen LogP) is 5.02. The lowest BCUT2D eigenvalue weighted by Crippen LogP contribution is -2.03. The highest BCUT2D eigenvalue weighted by Crippen LogP contribution is 2.52. The molecule has 20 heteroatoms. The molecule has 0 saturated carbocycles. The predicted molar refractivity (Wildman–Crippen MR) is 159 cm³/mol. The molecule has 0 amide bonds. The summed E-state index contributed by atoms with van der Waals surface area (Å²) in [5.41, 5.74) is -4.06. The lowest BCUT2D eigenvalue weighted by Gasteiger charge is -2.12. The molecule has 4 aromatic carbocycles. The number of hydrogen-bond donors (Lipinski definition) is 8. The number of phenolic OH excluding ortho intramolecular Hbond substituents is 5. The van der Waals surface area contributed by atoms with E-state index in [-0.39, 0.29) is 16.9 Å². The minimum absolute atomic E-state index is 0.0597. The molecule has 0 radical (unpaired) electrons. The van der Waals surface area contributed by atoms with Crippen molar-refractivity contribution in [3.63, 3.8) is 0 Å². The van der Waals surface area contributed by atoms with Gasteiger partial charge < -0.3 is 35.1 Å². The van der Waals surface area contributed by atoms with Crippen LogP contribution >= 0.6 is 0 Å². The highest BCUT2D eigenvalue weighted by atomic mass is 32.2. The van der Waals surface area contributed by atoms with Crippen LogP contribution in [-0.2, 0) is 20.2 Å². The van der Waals surface area contributed by atoms with E-state index in [1.165, 1.54) is 0 Å². The third-order valence-electron chi connectivity index (χ3n) is 6.35. The summed E-state index contributed by atoms with van der Waals surface area (Å²) >= 11 is 0. The Morgan fingerprint density at radius 1 is 0.553 bits per heavy atom. The number of phenols is 5. The topological polar surface area (TPSA) is 310 Å². The van der Waals surface area contributed by atoms with E-state index in [0.717, 1.165) is 60.7 Å². The largest absolute Gasteiger partial charge is 0.505 e. The van der Waals surface area contributed by atoms with Crippen LogP contribution < -0.4 is 5.43 Å². The van der Waals surface area contributed by atoms with Gasteiger partial charge in [-0.25, -0.2) is 0 Å². The van der Waals surface area contributed by atoms with Gasteiger partial charge in [-0.1, -0.05) is 0 Å². The first-order chi connectivity index (χ1) is 22.0. The fourth-order valence-corrected chi connectivity index (χ4v) is 5.02. The van der Waals surface area contributed by atoms with E-state index in [4.69, 9.17) is 8.97 Å². The molecule has 0 atom stereocenters. The Morgan fingerprint density at radius 3 is 1.45 bits per heavy atom. The number of fused-ring (bicyclic) bond motifs is 1. The first-order valence-electron chi connectivity index (χ1n) is 12.5. The van der Waals surface area contributed by atoms with E-state index in [1.807, 2.05) is 0 Å². The van der Waals surface area contributed by atoms with Crippen molar-refractivity contribution in [2.24, 2.45) is 20.5 Å². The fourth-order valence-electron chi connectivity index (χ4n) is 4.06. The Bertz CT molecular complexity index is 2400. The van der Waals surface area contributed by atoms with Gasteiger partial charge in [0.25, 0.3) is 20.2 Å². The van der Waals surface area contributed by atoms with Gasteiger partial charge >= 0.3 is 0 Å². The number of azo groups is 2. The number of aromatic hydroxyl groups is 6. The number of nitrogens with zero attached hydrogens (tertiary/aromatic N) is 4. The Labute approximate surface area is 261 Å². The van der Waals surface area contributed by atoms with Gasteiger partial charge in [0, 0.05) is 5.56 Å². The van der Waals surface area contributed by atoms with Crippen molar-refractivity contribution < 1.29 is 61.0 Å². The van der Waals surface area contributed by atoms with E-state index in [9.17, 15) is 56.8 Å². The molecule has 0 unspecified atom stereocenters. The molecule has 0 spiro atoms. The van der Waals surface area contributed by atoms with Crippen LogP contribution in [0.25, 0.3) is 22.3 Å². The second-order valence-electron chi connectivity index (χ2n) is 9.41. The molecule has 0 aliphatic rings. The second kappa shape index (κ2) is 11.7. The van der Waals surface area contributed by atoms with Crippen LogP contribution in [0.4, 0.5) is 22.7 Å². The maximum atomic E-state index is 13.4. The SMILES string of the molecule is O=c1c(O)c(-c2cc(O)c(O)c(O)c2)oc2c(N=Nc3ccc(S(=O)(=O)O)cc3)c(O)c(N=Nc3ccc(S(=O)(=O)O)cc3)c(O)c12. The number of benzene rings is 4. The standard InChI is InChI=1S/C27H18N4O14S2/c32-16-9-11(10-17(33)21(16)34)26-25(38)23(36)18-22(35)19(30-28-12-1-5-14(6-2-12)46(39,40)41)24(37)20(27(18)45-26)31-29-13-3-7-15(8-4-13)47(42,43)44/h1-10,32-35,37-38H,(H,39,40,41)(H,42,43,44). The summed E-state index contributed by atoms with van der Waals surface area (Å²) in [4.78, 5) is 12.4. The molecule has 5 rings (SSSR count).